The number of nitrogens with zero attached hydrogens (tertiary/aromatic N) is 2. The molecule has 132 valence electrons. The van der Waals surface area contributed by atoms with Gasteiger partial charge in [-0.2, -0.15) is 13.2 Å². The highest BCUT2D eigenvalue weighted by molar-refractivity contribution is 7.99. The summed E-state index contributed by atoms with van der Waals surface area (Å²) in [5, 5.41) is 0.989. The van der Waals surface area contributed by atoms with Gasteiger partial charge in [0.05, 0.1) is 11.1 Å². The molecule has 0 bridgehead atoms. The van der Waals surface area contributed by atoms with Crippen LogP contribution in [0.3, 0.4) is 0 Å². The van der Waals surface area contributed by atoms with Crippen LogP contribution >= 0.6 is 11.8 Å². The smallest absolute Gasteiger partial charge is 0.416 e. The van der Waals surface area contributed by atoms with E-state index in [0.717, 1.165) is 33.7 Å². The van der Waals surface area contributed by atoms with Crippen molar-refractivity contribution in [3.63, 3.8) is 0 Å². The summed E-state index contributed by atoms with van der Waals surface area (Å²) in [6.07, 6.45) is -4.42. The zero-order valence-corrected chi connectivity index (χ0v) is 14.5. The largest absolute Gasteiger partial charge is 0.435 e. The van der Waals surface area contributed by atoms with E-state index in [1.54, 1.807) is 11.8 Å². The quantitative estimate of drug-likeness (QED) is 0.402. The number of alkyl halides is 3. The van der Waals surface area contributed by atoms with Gasteiger partial charge in [-0.15, -0.1) is 11.8 Å². The van der Waals surface area contributed by atoms with Crippen molar-refractivity contribution in [3.05, 3.63) is 54.1 Å². The molecule has 0 saturated heterocycles. The summed E-state index contributed by atoms with van der Waals surface area (Å²) in [7, 11) is 0. The molecule has 26 heavy (non-hydrogen) atoms. The molecule has 0 radical (unpaired) electrons. The Kier molecular flexibility index (Phi) is 4.11. The van der Waals surface area contributed by atoms with Crippen molar-refractivity contribution in [2.75, 3.05) is 5.75 Å². The molecule has 0 amide bonds. The molecule has 0 aliphatic carbocycles. The number of hydrogen-bond acceptors (Lipinski definition) is 4. The molecule has 0 fully saturated rings. The maximum absolute atomic E-state index is 12.9. The summed E-state index contributed by atoms with van der Waals surface area (Å²) in [4.78, 5) is 9.78. The van der Waals surface area contributed by atoms with Crippen LogP contribution in [0.25, 0.3) is 33.6 Å². The van der Waals surface area contributed by atoms with E-state index in [-0.39, 0.29) is 11.4 Å². The third-order valence-electron chi connectivity index (χ3n) is 3.91. The van der Waals surface area contributed by atoms with E-state index in [1.807, 2.05) is 37.3 Å². The predicted octanol–water partition coefficient (Wildman–Crippen LogP) is 6.17. The van der Waals surface area contributed by atoms with Crippen molar-refractivity contribution in [1.29, 1.82) is 0 Å². The molecule has 0 atom stereocenters. The Bertz CT molecular complexity index is 1110. The van der Waals surface area contributed by atoms with Gasteiger partial charge in [0.25, 0.3) is 0 Å². The first-order valence-corrected chi connectivity index (χ1v) is 8.95. The highest BCUT2D eigenvalue weighted by Gasteiger charge is 2.31. The minimum atomic E-state index is -4.42. The number of fused-ring (bicyclic) bond motifs is 2. The zero-order valence-electron chi connectivity index (χ0n) is 13.7. The van der Waals surface area contributed by atoms with Gasteiger partial charge in [0.2, 0.25) is 5.89 Å². The van der Waals surface area contributed by atoms with Gasteiger partial charge >= 0.3 is 6.18 Å². The summed E-state index contributed by atoms with van der Waals surface area (Å²) in [5.41, 5.74) is 1.04. The second-order valence-electron chi connectivity index (χ2n) is 5.66. The van der Waals surface area contributed by atoms with Gasteiger partial charge in [0.1, 0.15) is 11.2 Å². The molecule has 0 N–H and O–H groups in total. The van der Waals surface area contributed by atoms with Gasteiger partial charge in [0.15, 0.2) is 5.58 Å². The Morgan fingerprint density at radius 1 is 1.00 bits per heavy atom. The number of para-hydroxylation sites is 1. The van der Waals surface area contributed by atoms with Gasteiger partial charge in [-0.1, -0.05) is 25.1 Å². The number of pyridine rings is 1. The van der Waals surface area contributed by atoms with Gasteiger partial charge in [-0.3, -0.25) is 0 Å². The third kappa shape index (κ3) is 3.03. The third-order valence-corrected chi connectivity index (χ3v) is 4.82. The summed E-state index contributed by atoms with van der Waals surface area (Å²) in [5.74, 6) is 1.05. The zero-order chi connectivity index (χ0) is 18.3. The first-order valence-electron chi connectivity index (χ1n) is 7.96. The van der Waals surface area contributed by atoms with Crippen LogP contribution in [0, 0.1) is 0 Å². The van der Waals surface area contributed by atoms with Crippen LogP contribution in [0.1, 0.15) is 12.5 Å². The number of hydrogen-bond donors (Lipinski definition) is 0. The van der Waals surface area contributed by atoms with Gasteiger partial charge in [0, 0.05) is 10.3 Å². The average Bonchev–Trinajstić information content (AvgIpc) is 3.03. The second kappa shape index (κ2) is 6.32. The molecule has 4 aromatic rings. The lowest BCUT2D eigenvalue weighted by atomic mass is 10.2. The molecule has 4 rings (SSSR count). The van der Waals surface area contributed by atoms with E-state index in [2.05, 4.69) is 9.97 Å². The molecular formula is C19H13F3N2OS. The van der Waals surface area contributed by atoms with Gasteiger partial charge in [-0.25, -0.2) is 9.97 Å². The number of thioether (sulfide) groups is 1. The Balaban J connectivity index is 1.89. The molecular weight excluding hydrogens is 361 g/mol. The Morgan fingerprint density at radius 2 is 1.81 bits per heavy atom. The fourth-order valence-electron chi connectivity index (χ4n) is 2.72. The topological polar surface area (TPSA) is 38.9 Å². The molecule has 0 unspecified atom stereocenters. The van der Waals surface area contributed by atoms with E-state index in [0.29, 0.717) is 11.3 Å². The van der Waals surface area contributed by atoms with Crippen molar-refractivity contribution < 1.29 is 17.6 Å². The summed E-state index contributed by atoms with van der Waals surface area (Å²) in [6.45, 7) is 2.02. The van der Waals surface area contributed by atoms with Crippen LogP contribution in [0.4, 0.5) is 13.2 Å². The average molecular weight is 374 g/mol. The number of aromatic nitrogens is 2. The minimum absolute atomic E-state index is 0.164. The molecule has 2 heterocycles. The summed E-state index contributed by atoms with van der Waals surface area (Å²) >= 11 is 1.59. The Morgan fingerprint density at radius 3 is 2.58 bits per heavy atom. The molecule has 7 heteroatoms. The summed E-state index contributed by atoms with van der Waals surface area (Å²) < 4.78 is 44.4. The Hall–Kier alpha value is -2.54. The maximum atomic E-state index is 12.9. The highest BCUT2D eigenvalue weighted by Crippen LogP contribution is 2.36. The first kappa shape index (κ1) is 16.9. The minimum Gasteiger partial charge on any atom is -0.435 e. The van der Waals surface area contributed by atoms with Crippen LogP contribution in [-0.2, 0) is 6.18 Å². The van der Waals surface area contributed by atoms with E-state index in [1.165, 1.54) is 6.07 Å². The number of oxazole rings is 1. The highest BCUT2D eigenvalue weighted by atomic mass is 32.2. The van der Waals surface area contributed by atoms with Gasteiger partial charge < -0.3 is 4.42 Å². The van der Waals surface area contributed by atoms with Crippen LogP contribution in [0.15, 0.2) is 57.8 Å². The van der Waals surface area contributed by atoms with Crippen molar-refractivity contribution in [2.45, 2.75) is 18.0 Å². The van der Waals surface area contributed by atoms with Crippen molar-refractivity contribution in [1.82, 2.24) is 9.97 Å². The number of rotatable bonds is 3. The van der Waals surface area contributed by atoms with E-state index >= 15 is 0 Å². The van der Waals surface area contributed by atoms with Crippen LogP contribution in [0.5, 0.6) is 0 Å². The number of halogens is 3. The van der Waals surface area contributed by atoms with E-state index in [9.17, 15) is 13.2 Å². The monoisotopic (exact) mass is 374 g/mol. The SMILES string of the molecule is CCSc1cc2ccccc2nc1-c1nc2cc(C(F)(F)F)ccc2o1. The van der Waals surface area contributed by atoms with Crippen LogP contribution in [-0.4, -0.2) is 15.7 Å². The van der Waals surface area contributed by atoms with E-state index in [4.69, 9.17) is 4.42 Å². The van der Waals surface area contributed by atoms with Crippen LogP contribution in [0.2, 0.25) is 0 Å². The van der Waals surface area contributed by atoms with Crippen LogP contribution < -0.4 is 0 Å². The molecule has 2 aromatic heterocycles. The lowest BCUT2D eigenvalue weighted by Crippen LogP contribution is -2.03. The molecule has 2 aromatic carbocycles. The predicted molar refractivity (Wildman–Crippen MR) is 96.1 cm³/mol. The Labute approximate surface area is 151 Å². The first-order chi connectivity index (χ1) is 12.5. The van der Waals surface area contributed by atoms with E-state index < -0.39 is 11.7 Å². The molecule has 3 nitrogen and oxygen atoms in total. The molecule has 0 spiro atoms. The fourth-order valence-corrected chi connectivity index (χ4v) is 3.51. The standard InChI is InChI=1S/C19H13F3N2OS/c1-2-26-16-9-11-5-3-4-6-13(11)23-17(16)18-24-14-10-12(19(20,21)22)7-8-15(14)25-18/h3-10H,2H2,1H3. The lowest BCUT2D eigenvalue weighted by Gasteiger charge is -2.06. The molecule has 0 saturated carbocycles. The second-order valence-corrected chi connectivity index (χ2v) is 6.97. The summed E-state index contributed by atoms with van der Waals surface area (Å²) in [6, 6.07) is 12.9. The van der Waals surface area contributed by atoms with Crippen molar-refractivity contribution in [3.8, 4) is 11.6 Å². The molecule has 0 aliphatic heterocycles. The van der Waals surface area contributed by atoms with Crippen molar-refractivity contribution >= 4 is 33.8 Å². The number of benzene rings is 2. The lowest BCUT2D eigenvalue weighted by molar-refractivity contribution is -0.137. The molecule has 0 aliphatic rings. The fraction of sp³-hybridized carbons (Fsp3) is 0.158. The normalized spacial score (nSPS) is 12.2. The van der Waals surface area contributed by atoms with Crippen molar-refractivity contribution in [2.24, 2.45) is 0 Å². The maximum Gasteiger partial charge on any atom is 0.416 e. The van der Waals surface area contributed by atoms with Gasteiger partial charge in [-0.05, 0) is 36.1 Å².